The summed E-state index contributed by atoms with van der Waals surface area (Å²) in [6.07, 6.45) is 4.94. The molecule has 0 bridgehead atoms. The molecular formula is C17H24N2OS. The molecule has 1 N–H and O–H groups in total. The SMILES string of the molecule is C[C@H]1CCCC[C@@H]1NC(=O)CN1CCSc2ccccc21. The van der Waals surface area contributed by atoms with Crippen molar-refractivity contribution < 1.29 is 4.79 Å². The number of nitrogens with one attached hydrogen (secondary N) is 1. The molecule has 1 heterocycles. The van der Waals surface area contributed by atoms with Crippen LogP contribution in [0.25, 0.3) is 0 Å². The number of hydrogen-bond acceptors (Lipinski definition) is 3. The molecule has 3 nitrogen and oxygen atoms in total. The van der Waals surface area contributed by atoms with E-state index in [9.17, 15) is 4.79 Å². The van der Waals surface area contributed by atoms with E-state index in [-0.39, 0.29) is 5.91 Å². The molecule has 21 heavy (non-hydrogen) atoms. The van der Waals surface area contributed by atoms with Crippen molar-refractivity contribution in [1.29, 1.82) is 0 Å². The fourth-order valence-corrected chi connectivity index (χ4v) is 4.40. The number of benzene rings is 1. The molecule has 0 spiro atoms. The molecule has 0 aromatic heterocycles. The maximum absolute atomic E-state index is 12.4. The van der Waals surface area contributed by atoms with Gasteiger partial charge in [0.2, 0.25) is 5.91 Å². The first-order valence-electron chi connectivity index (χ1n) is 8.00. The van der Waals surface area contributed by atoms with Crippen LogP contribution in [-0.4, -0.2) is 30.8 Å². The molecule has 1 amide bonds. The Balaban J connectivity index is 1.60. The third-order valence-electron chi connectivity index (χ3n) is 4.62. The van der Waals surface area contributed by atoms with Crippen molar-refractivity contribution in [3.8, 4) is 0 Å². The number of rotatable bonds is 3. The minimum Gasteiger partial charge on any atom is -0.360 e. The van der Waals surface area contributed by atoms with Crippen LogP contribution in [0.5, 0.6) is 0 Å². The molecule has 1 aliphatic heterocycles. The van der Waals surface area contributed by atoms with Gasteiger partial charge < -0.3 is 10.2 Å². The Hall–Kier alpha value is -1.16. The second kappa shape index (κ2) is 6.73. The van der Waals surface area contributed by atoms with Crippen LogP contribution in [0.4, 0.5) is 5.69 Å². The topological polar surface area (TPSA) is 32.3 Å². The first kappa shape index (κ1) is 14.8. The Kier molecular flexibility index (Phi) is 4.73. The minimum absolute atomic E-state index is 0.176. The quantitative estimate of drug-likeness (QED) is 0.930. The Bertz CT molecular complexity index is 505. The summed E-state index contributed by atoms with van der Waals surface area (Å²) in [4.78, 5) is 15.9. The van der Waals surface area contributed by atoms with Gasteiger partial charge in [-0.25, -0.2) is 0 Å². The van der Waals surface area contributed by atoms with Crippen LogP contribution in [0.3, 0.4) is 0 Å². The van der Waals surface area contributed by atoms with Gasteiger partial charge in [0, 0.05) is 23.2 Å². The summed E-state index contributed by atoms with van der Waals surface area (Å²) in [7, 11) is 0. The average molecular weight is 304 g/mol. The van der Waals surface area contributed by atoms with E-state index in [4.69, 9.17) is 0 Å². The number of anilines is 1. The maximum atomic E-state index is 12.4. The molecular weight excluding hydrogens is 280 g/mol. The number of amides is 1. The highest BCUT2D eigenvalue weighted by molar-refractivity contribution is 7.99. The largest absolute Gasteiger partial charge is 0.360 e. The summed E-state index contributed by atoms with van der Waals surface area (Å²) in [6.45, 7) is 3.70. The lowest BCUT2D eigenvalue weighted by molar-refractivity contribution is -0.121. The van der Waals surface area contributed by atoms with E-state index in [1.54, 1.807) is 0 Å². The minimum atomic E-state index is 0.176. The lowest BCUT2D eigenvalue weighted by Gasteiger charge is -2.33. The number of carbonyl (C=O) groups excluding carboxylic acids is 1. The van der Waals surface area contributed by atoms with Crippen LogP contribution in [0.1, 0.15) is 32.6 Å². The standard InChI is InChI=1S/C17H24N2OS/c1-13-6-2-3-7-14(13)18-17(20)12-19-10-11-21-16-9-5-4-8-15(16)19/h4-5,8-9,13-14H,2-3,6-7,10-12H2,1H3,(H,18,20)/t13-,14-/m0/s1. The van der Waals surface area contributed by atoms with Gasteiger partial charge in [-0.3, -0.25) is 4.79 Å². The number of hydrogen-bond donors (Lipinski definition) is 1. The van der Waals surface area contributed by atoms with E-state index in [2.05, 4.69) is 41.4 Å². The predicted octanol–water partition coefficient (Wildman–Crippen LogP) is 3.29. The van der Waals surface area contributed by atoms with Gasteiger partial charge in [0.15, 0.2) is 0 Å². The van der Waals surface area contributed by atoms with Crippen molar-refractivity contribution in [3.05, 3.63) is 24.3 Å². The Morgan fingerprint density at radius 3 is 3.00 bits per heavy atom. The summed E-state index contributed by atoms with van der Waals surface area (Å²) in [5, 5.41) is 3.26. The van der Waals surface area contributed by atoms with E-state index >= 15 is 0 Å². The average Bonchev–Trinajstić information content (AvgIpc) is 2.50. The van der Waals surface area contributed by atoms with Crippen molar-refractivity contribution in [3.63, 3.8) is 0 Å². The fourth-order valence-electron chi connectivity index (χ4n) is 3.35. The summed E-state index contributed by atoms with van der Waals surface area (Å²) in [5.74, 6) is 1.85. The van der Waals surface area contributed by atoms with E-state index in [1.807, 2.05) is 11.8 Å². The molecule has 2 atom stereocenters. The normalized spacial score (nSPS) is 25.3. The van der Waals surface area contributed by atoms with Crippen molar-refractivity contribution in [2.24, 2.45) is 5.92 Å². The summed E-state index contributed by atoms with van der Waals surface area (Å²) in [5.41, 5.74) is 1.21. The van der Waals surface area contributed by atoms with Gasteiger partial charge in [-0.15, -0.1) is 11.8 Å². The Labute approximate surface area is 131 Å². The number of carbonyl (C=O) groups is 1. The summed E-state index contributed by atoms with van der Waals surface area (Å²) >= 11 is 1.88. The molecule has 1 aromatic rings. The molecule has 1 saturated carbocycles. The summed E-state index contributed by atoms with van der Waals surface area (Å²) in [6, 6.07) is 8.77. The van der Waals surface area contributed by atoms with Crippen LogP contribution in [0.2, 0.25) is 0 Å². The number of fused-ring (bicyclic) bond motifs is 1. The van der Waals surface area contributed by atoms with Crippen LogP contribution in [-0.2, 0) is 4.79 Å². The second-order valence-electron chi connectivity index (χ2n) is 6.17. The molecule has 1 aromatic carbocycles. The molecule has 4 heteroatoms. The predicted molar refractivity (Wildman–Crippen MR) is 88.9 cm³/mol. The van der Waals surface area contributed by atoms with Crippen LogP contribution in [0, 0.1) is 5.92 Å². The monoisotopic (exact) mass is 304 g/mol. The zero-order valence-corrected chi connectivity index (χ0v) is 13.5. The van der Waals surface area contributed by atoms with Crippen molar-refractivity contribution in [2.75, 3.05) is 23.7 Å². The van der Waals surface area contributed by atoms with E-state index in [1.165, 1.54) is 29.8 Å². The third-order valence-corrected chi connectivity index (χ3v) is 5.66. The number of nitrogens with zero attached hydrogens (tertiary/aromatic N) is 1. The molecule has 114 valence electrons. The fraction of sp³-hybridized carbons (Fsp3) is 0.588. The lowest BCUT2D eigenvalue weighted by Crippen LogP contribution is -2.46. The van der Waals surface area contributed by atoms with E-state index < -0.39 is 0 Å². The van der Waals surface area contributed by atoms with Crippen molar-refractivity contribution in [2.45, 2.75) is 43.5 Å². The van der Waals surface area contributed by atoms with Gasteiger partial charge >= 0.3 is 0 Å². The zero-order valence-electron chi connectivity index (χ0n) is 12.7. The van der Waals surface area contributed by atoms with Gasteiger partial charge in [0.05, 0.1) is 12.2 Å². The maximum Gasteiger partial charge on any atom is 0.239 e. The highest BCUT2D eigenvalue weighted by Crippen LogP contribution is 2.34. The van der Waals surface area contributed by atoms with Crippen molar-refractivity contribution >= 4 is 23.4 Å². The van der Waals surface area contributed by atoms with E-state index in [0.29, 0.717) is 18.5 Å². The third kappa shape index (κ3) is 3.54. The molecule has 1 fully saturated rings. The van der Waals surface area contributed by atoms with Crippen LogP contribution < -0.4 is 10.2 Å². The van der Waals surface area contributed by atoms with E-state index in [0.717, 1.165) is 18.7 Å². The van der Waals surface area contributed by atoms with Gasteiger partial charge in [-0.1, -0.05) is 31.9 Å². The van der Waals surface area contributed by atoms with Gasteiger partial charge in [0.1, 0.15) is 0 Å². The highest BCUT2D eigenvalue weighted by atomic mass is 32.2. The van der Waals surface area contributed by atoms with Crippen molar-refractivity contribution in [1.82, 2.24) is 5.32 Å². The molecule has 2 aliphatic rings. The molecule has 0 saturated heterocycles. The van der Waals surface area contributed by atoms with Gasteiger partial charge in [-0.05, 0) is 30.9 Å². The second-order valence-corrected chi connectivity index (χ2v) is 7.31. The number of para-hydroxylation sites is 1. The Morgan fingerprint density at radius 1 is 1.33 bits per heavy atom. The first-order chi connectivity index (χ1) is 10.2. The molecule has 3 rings (SSSR count). The molecule has 0 unspecified atom stereocenters. The Morgan fingerprint density at radius 2 is 2.14 bits per heavy atom. The zero-order chi connectivity index (χ0) is 14.7. The van der Waals surface area contributed by atoms with Gasteiger partial charge in [0.25, 0.3) is 0 Å². The lowest BCUT2D eigenvalue weighted by atomic mass is 9.86. The molecule has 1 aliphatic carbocycles. The summed E-state index contributed by atoms with van der Waals surface area (Å²) < 4.78 is 0. The number of thioether (sulfide) groups is 1. The molecule has 0 radical (unpaired) electrons. The first-order valence-corrected chi connectivity index (χ1v) is 8.99. The van der Waals surface area contributed by atoms with Gasteiger partial charge in [-0.2, -0.15) is 0 Å². The smallest absolute Gasteiger partial charge is 0.239 e. The van der Waals surface area contributed by atoms with Crippen LogP contribution >= 0.6 is 11.8 Å². The highest BCUT2D eigenvalue weighted by Gasteiger charge is 2.24. The van der Waals surface area contributed by atoms with Crippen LogP contribution in [0.15, 0.2) is 29.2 Å².